The van der Waals surface area contributed by atoms with Gasteiger partial charge in [0.25, 0.3) is 0 Å². The number of nitrogens with one attached hydrogen (secondary N) is 1. The molecule has 0 aliphatic carbocycles. The van der Waals surface area contributed by atoms with Gasteiger partial charge >= 0.3 is 0 Å². The minimum Gasteiger partial charge on any atom is -0.310 e. The lowest BCUT2D eigenvalue weighted by Crippen LogP contribution is -2.24. The third-order valence-electron chi connectivity index (χ3n) is 4.57. The third-order valence-corrected chi connectivity index (χ3v) is 4.57. The van der Waals surface area contributed by atoms with Crippen LogP contribution >= 0.6 is 0 Å². The zero-order valence-electron chi connectivity index (χ0n) is 18.6. The Morgan fingerprint density at radius 1 is 0.963 bits per heavy atom. The van der Waals surface area contributed by atoms with Crippen molar-refractivity contribution < 1.29 is 0 Å². The van der Waals surface area contributed by atoms with E-state index in [0.29, 0.717) is 5.92 Å². The molecule has 0 aromatic carbocycles. The molecule has 1 unspecified atom stereocenters. The Bertz CT molecular complexity index is 594. The van der Waals surface area contributed by atoms with E-state index in [-0.39, 0.29) is 6.04 Å². The van der Waals surface area contributed by atoms with Gasteiger partial charge in [-0.2, -0.15) is 0 Å². The summed E-state index contributed by atoms with van der Waals surface area (Å²) in [4.78, 5) is 0. The maximum absolute atomic E-state index is 3.44. The van der Waals surface area contributed by atoms with Gasteiger partial charge < -0.3 is 5.32 Å². The number of likely N-dealkylation sites (N-methyl/N-ethyl adjacent to an activating group) is 1. The van der Waals surface area contributed by atoms with Gasteiger partial charge in [-0.05, 0) is 57.2 Å². The first-order valence-electron chi connectivity index (χ1n) is 10.4. The highest BCUT2D eigenvalue weighted by atomic mass is 14.9. The van der Waals surface area contributed by atoms with E-state index in [1.54, 1.807) is 0 Å². The van der Waals surface area contributed by atoms with Crippen LogP contribution in [0.1, 0.15) is 60.8 Å². The summed E-state index contributed by atoms with van der Waals surface area (Å²) >= 11 is 0. The third kappa shape index (κ3) is 11.5. The molecule has 1 N–H and O–H groups in total. The average molecular weight is 368 g/mol. The Labute approximate surface area is 169 Å². The minimum atomic E-state index is 0.253. The summed E-state index contributed by atoms with van der Waals surface area (Å²) < 4.78 is 0. The average Bonchev–Trinajstić information content (AvgIpc) is 2.68. The van der Waals surface area contributed by atoms with Crippen molar-refractivity contribution in [3.8, 4) is 0 Å². The lowest BCUT2D eigenvalue weighted by atomic mass is 9.98. The van der Waals surface area contributed by atoms with Gasteiger partial charge in [0, 0.05) is 6.04 Å². The molecule has 0 amide bonds. The van der Waals surface area contributed by atoms with Crippen LogP contribution in [0.5, 0.6) is 0 Å². The van der Waals surface area contributed by atoms with Crippen molar-refractivity contribution in [2.75, 3.05) is 7.05 Å². The summed E-state index contributed by atoms with van der Waals surface area (Å²) in [6, 6.07) is 0.253. The highest BCUT2D eigenvalue weighted by molar-refractivity contribution is 5.34. The second kappa shape index (κ2) is 16.3. The Kier molecular flexibility index (Phi) is 15.2. The highest BCUT2D eigenvalue weighted by Crippen LogP contribution is 2.15. The van der Waals surface area contributed by atoms with E-state index in [1.165, 1.54) is 16.7 Å². The maximum atomic E-state index is 3.44. The molecular formula is C26H41N. The molecule has 27 heavy (non-hydrogen) atoms. The first-order chi connectivity index (χ1) is 13.0. The number of hydrogen-bond acceptors (Lipinski definition) is 1. The summed E-state index contributed by atoms with van der Waals surface area (Å²) in [7, 11) is 2.03. The Morgan fingerprint density at radius 3 is 2.26 bits per heavy atom. The van der Waals surface area contributed by atoms with Crippen molar-refractivity contribution in [2.45, 2.75) is 66.8 Å². The van der Waals surface area contributed by atoms with Crippen molar-refractivity contribution in [2.24, 2.45) is 5.92 Å². The van der Waals surface area contributed by atoms with Crippen LogP contribution < -0.4 is 5.32 Å². The SMILES string of the molecule is C/C=C\C=C/[C@H](C)/C(C)=C/C=C(\CC)C(/C=C/C(/C=C\CC)=C/CC)NC. The van der Waals surface area contributed by atoms with Gasteiger partial charge in [-0.3, -0.25) is 0 Å². The fourth-order valence-corrected chi connectivity index (χ4v) is 2.62. The fourth-order valence-electron chi connectivity index (χ4n) is 2.62. The molecule has 0 fully saturated rings. The largest absolute Gasteiger partial charge is 0.310 e. The molecule has 0 bridgehead atoms. The van der Waals surface area contributed by atoms with Crippen molar-refractivity contribution in [1.82, 2.24) is 5.32 Å². The molecule has 0 saturated carbocycles. The molecule has 0 aromatic heterocycles. The molecule has 0 heterocycles. The first kappa shape index (κ1) is 25.1. The van der Waals surface area contributed by atoms with Gasteiger partial charge in [0.15, 0.2) is 0 Å². The second-order valence-electron chi connectivity index (χ2n) is 6.75. The summed E-state index contributed by atoms with van der Waals surface area (Å²) in [5.41, 5.74) is 4.05. The van der Waals surface area contributed by atoms with Crippen LogP contribution in [0.25, 0.3) is 0 Å². The van der Waals surface area contributed by atoms with E-state index < -0.39 is 0 Å². The van der Waals surface area contributed by atoms with Gasteiger partial charge in [0.1, 0.15) is 0 Å². The number of rotatable bonds is 12. The molecule has 0 aliphatic heterocycles. The van der Waals surface area contributed by atoms with Gasteiger partial charge in [-0.15, -0.1) is 0 Å². The van der Waals surface area contributed by atoms with Crippen molar-refractivity contribution in [3.63, 3.8) is 0 Å². The van der Waals surface area contributed by atoms with Gasteiger partial charge in [-0.25, -0.2) is 0 Å². The van der Waals surface area contributed by atoms with Crippen molar-refractivity contribution in [3.05, 3.63) is 83.6 Å². The maximum Gasteiger partial charge on any atom is 0.0469 e. The van der Waals surface area contributed by atoms with Gasteiger partial charge in [0.2, 0.25) is 0 Å². The minimum absolute atomic E-state index is 0.253. The first-order valence-corrected chi connectivity index (χ1v) is 10.4. The molecule has 0 aliphatic rings. The summed E-state index contributed by atoms with van der Waals surface area (Å²) in [5, 5.41) is 3.44. The van der Waals surface area contributed by atoms with E-state index >= 15 is 0 Å². The van der Waals surface area contributed by atoms with E-state index in [9.17, 15) is 0 Å². The van der Waals surface area contributed by atoms with Crippen molar-refractivity contribution >= 4 is 0 Å². The van der Waals surface area contributed by atoms with Crippen LogP contribution in [-0.2, 0) is 0 Å². The van der Waals surface area contributed by atoms with Gasteiger partial charge in [0.05, 0.1) is 0 Å². The molecule has 0 radical (unpaired) electrons. The zero-order chi connectivity index (χ0) is 20.5. The Hall–Kier alpha value is -1.86. The molecule has 1 nitrogen and oxygen atoms in total. The van der Waals surface area contributed by atoms with E-state index in [4.69, 9.17) is 0 Å². The molecule has 150 valence electrons. The quantitative estimate of drug-likeness (QED) is 0.352. The van der Waals surface area contributed by atoms with Crippen molar-refractivity contribution in [1.29, 1.82) is 0 Å². The van der Waals surface area contributed by atoms with Gasteiger partial charge in [-0.1, -0.05) is 100 Å². The molecule has 0 rings (SSSR count). The van der Waals surface area contributed by atoms with E-state index in [1.807, 2.05) is 14.0 Å². The molecule has 0 spiro atoms. The highest BCUT2D eigenvalue weighted by Gasteiger charge is 2.06. The zero-order valence-corrected chi connectivity index (χ0v) is 18.6. The lowest BCUT2D eigenvalue weighted by Gasteiger charge is -2.15. The van der Waals surface area contributed by atoms with E-state index in [0.717, 1.165) is 19.3 Å². The summed E-state index contributed by atoms with van der Waals surface area (Å²) in [6.45, 7) is 13.1. The Balaban J connectivity index is 5.36. The standard InChI is InChI=1S/C26H41N/c1-8-12-14-16-22(5)23(6)18-20-25(11-4)26(27-7)21-19-24(15-10-3)17-13-9-2/h8,12-22,26-27H,9-11H2,1-7H3/b12-8-,16-14-,17-13-,21-19+,23-18+,24-15+,25-20+/t22-,26?/m0/s1. The number of hydrogen-bond donors (Lipinski definition) is 1. The van der Waals surface area contributed by atoms with Crippen LogP contribution in [-0.4, -0.2) is 13.1 Å². The van der Waals surface area contributed by atoms with Crippen LogP contribution in [0.3, 0.4) is 0 Å². The monoisotopic (exact) mass is 367 g/mol. The molecule has 2 atom stereocenters. The Morgan fingerprint density at radius 2 is 1.70 bits per heavy atom. The predicted octanol–water partition coefficient (Wildman–Crippen LogP) is 7.48. The van der Waals surface area contributed by atoms with Crippen LogP contribution in [0, 0.1) is 5.92 Å². The van der Waals surface area contributed by atoms with E-state index in [2.05, 4.69) is 107 Å². The molecule has 0 saturated heterocycles. The second-order valence-corrected chi connectivity index (χ2v) is 6.75. The smallest absolute Gasteiger partial charge is 0.0469 e. The fraction of sp³-hybridized carbons (Fsp3) is 0.462. The lowest BCUT2D eigenvalue weighted by molar-refractivity contribution is 0.726. The topological polar surface area (TPSA) is 12.0 Å². The molecule has 0 aromatic rings. The summed E-state index contributed by atoms with van der Waals surface area (Å²) in [6.07, 6.45) is 27.4. The molecular weight excluding hydrogens is 326 g/mol. The van der Waals surface area contributed by atoms with Crippen LogP contribution in [0.15, 0.2) is 83.6 Å². The van der Waals surface area contributed by atoms with Crippen LogP contribution in [0.2, 0.25) is 0 Å². The predicted molar refractivity (Wildman–Crippen MR) is 125 cm³/mol. The van der Waals surface area contributed by atoms with Crippen LogP contribution in [0.4, 0.5) is 0 Å². The molecule has 1 heteroatoms. The summed E-state index contributed by atoms with van der Waals surface area (Å²) in [5.74, 6) is 0.442. The normalized spacial score (nSPS) is 17.1. The number of allylic oxidation sites excluding steroid dienone is 12.